The lowest BCUT2D eigenvalue weighted by atomic mass is 9.97. The van der Waals surface area contributed by atoms with E-state index in [1.54, 1.807) is 45.0 Å². The molecule has 0 radical (unpaired) electrons. The molecular formula is C14H19BrO4S. The van der Waals surface area contributed by atoms with Gasteiger partial charge in [0.05, 0.1) is 16.4 Å². The molecule has 1 atom stereocenters. The molecule has 0 amide bonds. The summed E-state index contributed by atoms with van der Waals surface area (Å²) in [6, 6.07) is 6.99. The molecule has 6 heteroatoms. The summed E-state index contributed by atoms with van der Waals surface area (Å²) in [6.45, 7) is 4.86. The Labute approximate surface area is 128 Å². The van der Waals surface area contributed by atoms with Crippen LogP contribution in [0.25, 0.3) is 0 Å². The van der Waals surface area contributed by atoms with Gasteiger partial charge in [-0.1, -0.05) is 34.1 Å². The molecule has 0 spiro atoms. The lowest BCUT2D eigenvalue weighted by molar-refractivity contribution is -0.138. The monoisotopic (exact) mass is 362 g/mol. The van der Waals surface area contributed by atoms with Crippen molar-refractivity contribution in [1.82, 2.24) is 0 Å². The Morgan fingerprint density at radius 2 is 1.85 bits per heavy atom. The summed E-state index contributed by atoms with van der Waals surface area (Å²) in [4.78, 5) is 11.4. The molecule has 0 bridgehead atoms. The summed E-state index contributed by atoms with van der Waals surface area (Å²) in [6.07, 6.45) is 0.0670. The van der Waals surface area contributed by atoms with E-state index in [0.29, 0.717) is 10.0 Å². The predicted molar refractivity (Wildman–Crippen MR) is 82.7 cm³/mol. The molecule has 0 aliphatic carbocycles. The van der Waals surface area contributed by atoms with Crippen LogP contribution in [-0.4, -0.2) is 30.0 Å². The fourth-order valence-corrected chi connectivity index (χ4v) is 3.47. The van der Waals surface area contributed by atoms with E-state index in [4.69, 9.17) is 0 Å². The second-order valence-electron chi connectivity index (χ2n) is 5.63. The van der Waals surface area contributed by atoms with Crippen molar-refractivity contribution in [2.45, 2.75) is 37.9 Å². The van der Waals surface area contributed by atoms with Gasteiger partial charge in [-0.25, -0.2) is 8.42 Å². The van der Waals surface area contributed by atoms with Crippen molar-refractivity contribution in [2.75, 3.05) is 5.75 Å². The van der Waals surface area contributed by atoms with Crippen LogP contribution in [0.1, 0.15) is 38.7 Å². The minimum Gasteiger partial charge on any atom is -0.481 e. The number of carboxylic acid groups (broad SMARTS) is 1. The molecule has 112 valence electrons. The number of rotatable bonds is 5. The van der Waals surface area contributed by atoms with Gasteiger partial charge in [0, 0.05) is 4.47 Å². The topological polar surface area (TPSA) is 71.4 Å². The van der Waals surface area contributed by atoms with Crippen molar-refractivity contribution < 1.29 is 18.3 Å². The van der Waals surface area contributed by atoms with Crippen molar-refractivity contribution in [2.24, 2.45) is 0 Å². The molecule has 0 aliphatic heterocycles. The van der Waals surface area contributed by atoms with E-state index in [-0.39, 0.29) is 12.2 Å². The third kappa shape index (κ3) is 4.06. The van der Waals surface area contributed by atoms with Crippen LogP contribution < -0.4 is 0 Å². The van der Waals surface area contributed by atoms with Crippen LogP contribution in [0.3, 0.4) is 0 Å². The Balaban J connectivity index is 2.98. The molecule has 0 aliphatic rings. The van der Waals surface area contributed by atoms with E-state index in [0.717, 1.165) is 0 Å². The van der Waals surface area contributed by atoms with Crippen LogP contribution in [0.4, 0.5) is 0 Å². The molecule has 0 saturated heterocycles. The molecular weight excluding hydrogens is 344 g/mol. The number of hydrogen-bond acceptors (Lipinski definition) is 3. The first-order chi connectivity index (χ1) is 9.06. The van der Waals surface area contributed by atoms with Crippen molar-refractivity contribution in [1.29, 1.82) is 0 Å². The Kier molecular flexibility index (Phi) is 5.38. The SMILES string of the molecule is CC(C)(C)S(=O)(=O)CCC(C(=O)O)c1ccccc1Br. The van der Waals surface area contributed by atoms with Crippen molar-refractivity contribution in [3.8, 4) is 0 Å². The van der Waals surface area contributed by atoms with Crippen LogP contribution >= 0.6 is 15.9 Å². The Hall–Kier alpha value is -0.880. The highest BCUT2D eigenvalue weighted by molar-refractivity contribution is 9.10. The van der Waals surface area contributed by atoms with Gasteiger partial charge in [0.15, 0.2) is 9.84 Å². The lowest BCUT2D eigenvalue weighted by Gasteiger charge is -2.21. The zero-order valence-corrected chi connectivity index (χ0v) is 14.2. The average Bonchev–Trinajstić information content (AvgIpc) is 2.29. The van der Waals surface area contributed by atoms with E-state index in [2.05, 4.69) is 15.9 Å². The second kappa shape index (κ2) is 6.26. The second-order valence-corrected chi connectivity index (χ2v) is 9.35. The van der Waals surface area contributed by atoms with Crippen LogP contribution in [-0.2, 0) is 14.6 Å². The first-order valence-electron chi connectivity index (χ1n) is 6.26. The van der Waals surface area contributed by atoms with E-state index < -0.39 is 26.5 Å². The molecule has 20 heavy (non-hydrogen) atoms. The molecule has 1 aromatic rings. The lowest BCUT2D eigenvalue weighted by Crippen LogP contribution is -2.31. The van der Waals surface area contributed by atoms with Gasteiger partial charge in [0.1, 0.15) is 0 Å². The number of aliphatic carboxylic acids is 1. The average molecular weight is 363 g/mol. The predicted octanol–water partition coefficient (Wildman–Crippen LogP) is 3.22. The zero-order chi connectivity index (χ0) is 15.6. The highest BCUT2D eigenvalue weighted by Crippen LogP contribution is 2.29. The Morgan fingerprint density at radius 3 is 2.30 bits per heavy atom. The molecule has 0 aromatic heterocycles. The van der Waals surface area contributed by atoms with Gasteiger partial charge in [0.25, 0.3) is 0 Å². The maximum absolute atomic E-state index is 12.1. The largest absolute Gasteiger partial charge is 0.481 e. The fourth-order valence-electron chi connectivity index (χ4n) is 1.75. The molecule has 0 saturated carbocycles. The van der Waals surface area contributed by atoms with Gasteiger partial charge < -0.3 is 5.11 Å². The van der Waals surface area contributed by atoms with E-state index >= 15 is 0 Å². The smallest absolute Gasteiger partial charge is 0.311 e. The zero-order valence-electron chi connectivity index (χ0n) is 11.8. The first-order valence-corrected chi connectivity index (χ1v) is 8.70. The van der Waals surface area contributed by atoms with Crippen molar-refractivity contribution in [3.63, 3.8) is 0 Å². The van der Waals surface area contributed by atoms with E-state index in [1.807, 2.05) is 0 Å². The summed E-state index contributed by atoms with van der Waals surface area (Å²) in [5, 5.41) is 9.34. The van der Waals surface area contributed by atoms with Crippen molar-refractivity contribution >= 4 is 31.7 Å². The van der Waals surface area contributed by atoms with Crippen LogP contribution in [0.2, 0.25) is 0 Å². The van der Waals surface area contributed by atoms with Gasteiger partial charge in [0.2, 0.25) is 0 Å². The number of hydrogen-bond donors (Lipinski definition) is 1. The van der Waals surface area contributed by atoms with E-state index in [1.165, 1.54) is 0 Å². The molecule has 0 heterocycles. The normalized spacial score (nSPS) is 14.0. The van der Waals surface area contributed by atoms with Gasteiger partial charge in [-0.3, -0.25) is 4.79 Å². The minimum absolute atomic E-state index is 0.0670. The number of carbonyl (C=O) groups is 1. The van der Waals surface area contributed by atoms with Gasteiger partial charge in [-0.2, -0.15) is 0 Å². The minimum atomic E-state index is -3.33. The molecule has 1 aromatic carbocycles. The maximum Gasteiger partial charge on any atom is 0.311 e. The molecule has 1 rings (SSSR count). The molecule has 1 N–H and O–H groups in total. The summed E-state index contributed by atoms with van der Waals surface area (Å²) >= 11 is 3.31. The Morgan fingerprint density at radius 1 is 1.30 bits per heavy atom. The summed E-state index contributed by atoms with van der Waals surface area (Å²) in [5.74, 6) is -1.99. The highest BCUT2D eigenvalue weighted by Gasteiger charge is 2.31. The van der Waals surface area contributed by atoms with E-state index in [9.17, 15) is 18.3 Å². The maximum atomic E-state index is 12.1. The fraction of sp³-hybridized carbons (Fsp3) is 0.500. The molecule has 1 unspecified atom stereocenters. The molecule has 4 nitrogen and oxygen atoms in total. The number of sulfone groups is 1. The van der Waals surface area contributed by atoms with Crippen molar-refractivity contribution in [3.05, 3.63) is 34.3 Å². The molecule has 0 fully saturated rings. The number of carboxylic acids is 1. The van der Waals surface area contributed by atoms with Gasteiger partial charge in [-0.15, -0.1) is 0 Å². The van der Waals surface area contributed by atoms with Gasteiger partial charge >= 0.3 is 5.97 Å². The quantitative estimate of drug-likeness (QED) is 0.872. The van der Waals surface area contributed by atoms with Crippen LogP contribution in [0, 0.1) is 0 Å². The first kappa shape index (κ1) is 17.2. The Bertz CT molecular complexity index is 587. The highest BCUT2D eigenvalue weighted by atomic mass is 79.9. The number of benzene rings is 1. The summed E-state index contributed by atoms with van der Waals surface area (Å²) < 4.78 is 24.0. The standard InChI is InChI=1S/C14H19BrO4S/c1-14(2,3)20(18,19)9-8-11(13(16)17)10-6-4-5-7-12(10)15/h4-7,11H,8-9H2,1-3H3,(H,16,17). The number of halogens is 1. The third-order valence-corrected chi connectivity index (χ3v) is 6.55. The third-order valence-electron chi connectivity index (χ3n) is 3.19. The van der Waals surface area contributed by atoms with Crippen LogP contribution in [0.5, 0.6) is 0 Å². The summed E-state index contributed by atoms with van der Waals surface area (Å²) in [7, 11) is -3.33. The van der Waals surface area contributed by atoms with Gasteiger partial charge in [-0.05, 0) is 38.8 Å². The van der Waals surface area contributed by atoms with Crippen LogP contribution in [0.15, 0.2) is 28.7 Å². The summed E-state index contributed by atoms with van der Waals surface area (Å²) in [5.41, 5.74) is 0.601.